The molecule has 1 N–H and O–H groups in total. The molecule has 1 aliphatic rings. The first-order chi connectivity index (χ1) is 9.19. The lowest BCUT2D eigenvalue weighted by Crippen LogP contribution is -2.33. The minimum atomic E-state index is -0.132. The standard InChI is InChI=1S/C15H18N2O2/c1-2-15(7-8-15)11-17-14(18)10-19-13-6-4-3-5-12(13)9-16/h3-6H,2,7-8,10-11H2,1H3,(H,17,18). The average molecular weight is 258 g/mol. The van der Waals surface area contributed by atoms with E-state index in [0.29, 0.717) is 16.7 Å². The van der Waals surface area contributed by atoms with Gasteiger partial charge in [0.25, 0.3) is 5.91 Å². The lowest BCUT2D eigenvalue weighted by Gasteiger charge is -2.13. The molecule has 0 aromatic heterocycles. The Balaban J connectivity index is 1.79. The van der Waals surface area contributed by atoms with Crippen LogP contribution in [0.25, 0.3) is 0 Å². The maximum Gasteiger partial charge on any atom is 0.257 e. The molecule has 0 heterocycles. The Hall–Kier alpha value is -2.02. The Bertz CT molecular complexity index is 501. The molecule has 0 bridgehead atoms. The monoisotopic (exact) mass is 258 g/mol. The molecule has 2 rings (SSSR count). The van der Waals surface area contributed by atoms with Crippen molar-refractivity contribution >= 4 is 5.91 Å². The van der Waals surface area contributed by atoms with Crippen LogP contribution in [0.3, 0.4) is 0 Å². The summed E-state index contributed by atoms with van der Waals surface area (Å²) in [6.07, 6.45) is 3.50. The van der Waals surface area contributed by atoms with Crippen molar-refractivity contribution in [1.29, 1.82) is 5.26 Å². The van der Waals surface area contributed by atoms with Crippen molar-refractivity contribution in [2.75, 3.05) is 13.2 Å². The van der Waals surface area contributed by atoms with Gasteiger partial charge in [-0.2, -0.15) is 5.26 Å². The van der Waals surface area contributed by atoms with Gasteiger partial charge in [-0.3, -0.25) is 4.79 Å². The molecular weight excluding hydrogens is 240 g/mol. The van der Waals surface area contributed by atoms with E-state index in [1.54, 1.807) is 24.3 Å². The molecule has 19 heavy (non-hydrogen) atoms. The Morgan fingerprint density at radius 3 is 2.84 bits per heavy atom. The van der Waals surface area contributed by atoms with Crippen LogP contribution < -0.4 is 10.1 Å². The highest BCUT2D eigenvalue weighted by atomic mass is 16.5. The Labute approximate surface area is 113 Å². The van der Waals surface area contributed by atoms with Crippen LogP contribution in [0.1, 0.15) is 31.7 Å². The minimum Gasteiger partial charge on any atom is -0.482 e. The van der Waals surface area contributed by atoms with Gasteiger partial charge in [0.1, 0.15) is 11.8 Å². The van der Waals surface area contributed by atoms with Crippen molar-refractivity contribution in [3.63, 3.8) is 0 Å². The van der Waals surface area contributed by atoms with E-state index < -0.39 is 0 Å². The first-order valence-electron chi connectivity index (χ1n) is 6.58. The van der Waals surface area contributed by atoms with E-state index in [-0.39, 0.29) is 12.5 Å². The summed E-state index contributed by atoms with van der Waals surface area (Å²) in [4.78, 5) is 11.7. The van der Waals surface area contributed by atoms with Crippen molar-refractivity contribution in [2.45, 2.75) is 26.2 Å². The molecule has 1 aliphatic carbocycles. The third-order valence-corrected chi connectivity index (χ3v) is 3.73. The SMILES string of the molecule is CCC1(CNC(=O)COc2ccccc2C#N)CC1. The van der Waals surface area contributed by atoms with Gasteiger partial charge in [-0.05, 0) is 36.8 Å². The number of para-hydroxylation sites is 1. The van der Waals surface area contributed by atoms with Crippen LogP contribution in [0.2, 0.25) is 0 Å². The molecule has 4 nitrogen and oxygen atoms in total. The maximum absolute atomic E-state index is 11.7. The highest BCUT2D eigenvalue weighted by Gasteiger charge is 2.40. The van der Waals surface area contributed by atoms with E-state index in [0.717, 1.165) is 13.0 Å². The largest absolute Gasteiger partial charge is 0.482 e. The van der Waals surface area contributed by atoms with Crippen LogP contribution in [0.5, 0.6) is 5.75 Å². The summed E-state index contributed by atoms with van der Waals surface area (Å²) in [6.45, 7) is 2.84. The Morgan fingerprint density at radius 2 is 2.21 bits per heavy atom. The van der Waals surface area contributed by atoms with E-state index >= 15 is 0 Å². The number of nitriles is 1. The third kappa shape index (κ3) is 3.47. The van der Waals surface area contributed by atoms with E-state index in [4.69, 9.17) is 10.00 Å². The fourth-order valence-corrected chi connectivity index (χ4v) is 2.00. The summed E-state index contributed by atoms with van der Waals surface area (Å²) in [5, 5.41) is 11.8. The van der Waals surface area contributed by atoms with Crippen molar-refractivity contribution < 1.29 is 9.53 Å². The number of hydrogen-bond donors (Lipinski definition) is 1. The van der Waals surface area contributed by atoms with Crippen LogP contribution in [0.4, 0.5) is 0 Å². The number of ether oxygens (including phenoxy) is 1. The normalized spacial score (nSPS) is 15.4. The fourth-order valence-electron chi connectivity index (χ4n) is 2.00. The molecule has 0 saturated heterocycles. The van der Waals surface area contributed by atoms with Gasteiger partial charge in [0.15, 0.2) is 6.61 Å². The predicted octanol–water partition coefficient (Wildman–Crippen LogP) is 2.24. The van der Waals surface area contributed by atoms with Crippen molar-refractivity contribution in [1.82, 2.24) is 5.32 Å². The molecule has 1 aromatic rings. The molecule has 4 heteroatoms. The van der Waals surface area contributed by atoms with E-state index in [1.165, 1.54) is 12.8 Å². The van der Waals surface area contributed by atoms with Crippen LogP contribution in [0, 0.1) is 16.7 Å². The number of carbonyl (C=O) groups excluding carboxylic acids is 1. The molecule has 0 unspecified atom stereocenters. The average Bonchev–Trinajstić information content (AvgIpc) is 3.24. The summed E-state index contributed by atoms with van der Waals surface area (Å²) >= 11 is 0. The number of amides is 1. The highest BCUT2D eigenvalue weighted by molar-refractivity contribution is 5.77. The summed E-state index contributed by atoms with van der Waals surface area (Å²) in [7, 11) is 0. The first-order valence-corrected chi connectivity index (χ1v) is 6.58. The number of hydrogen-bond acceptors (Lipinski definition) is 3. The molecule has 1 aromatic carbocycles. The summed E-state index contributed by atoms with van der Waals surface area (Å²) < 4.78 is 5.37. The van der Waals surface area contributed by atoms with E-state index in [1.807, 2.05) is 6.07 Å². The number of rotatable bonds is 6. The molecular formula is C15H18N2O2. The van der Waals surface area contributed by atoms with Crippen LogP contribution in [-0.2, 0) is 4.79 Å². The lowest BCUT2D eigenvalue weighted by atomic mass is 10.0. The zero-order valence-electron chi connectivity index (χ0n) is 11.1. The lowest BCUT2D eigenvalue weighted by molar-refractivity contribution is -0.123. The quantitative estimate of drug-likeness (QED) is 0.851. The number of benzene rings is 1. The second kappa shape index (κ2) is 5.75. The topological polar surface area (TPSA) is 62.1 Å². The Kier molecular flexibility index (Phi) is 4.06. The number of carbonyl (C=O) groups is 1. The molecule has 0 radical (unpaired) electrons. The maximum atomic E-state index is 11.7. The van der Waals surface area contributed by atoms with Gasteiger partial charge in [-0.1, -0.05) is 19.1 Å². The molecule has 0 aliphatic heterocycles. The molecule has 0 atom stereocenters. The molecule has 0 spiro atoms. The third-order valence-electron chi connectivity index (χ3n) is 3.73. The summed E-state index contributed by atoms with van der Waals surface area (Å²) in [6, 6.07) is 8.95. The van der Waals surface area contributed by atoms with Crippen molar-refractivity contribution in [2.24, 2.45) is 5.41 Å². The van der Waals surface area contributed by atoms with Gasteiger partial charge in [0, 0.05) is 6.54 Å². The van der Waals surface area contributed by atoms with Gasteiger partial charge in [-0.15, -0.1) is 0 Å². The zero-order chi connectivity index (χ0) is 13.7. The smallest absolute Gasteiger partial charge is 0.257 e. The first kappa shape index (κ1) is 13.4. The molecule has 1 amide bonds. The van der Waals surface area contributed by atoms with E-state index in [9.17, 15) is 4.79 Å². The molecule has 100 valence electrons. The molecule has 1 fully saturated rings. The minimum absolute atomic E-state index is 0.0432. The number of nitrogens with one attached hydrogen (secondary N) is 1. The fraction of sp³-hybridized carbons (Fsp3) is 0.467. The second-order valence-corrected chi connectivity index (χ2v) is 5.03. The van der Waals surface area contributed by atoms with Crippen molar-refractivity contribution in [3.8, 4) is 11.8 Å². The highest BCUT2D eigenvalue weighted by Crippen LogP contribution is 2.47. The van der Waals surface area contributed by atoms with Gasteiger partial charge < -0.3 is 10.1 Å². The number of nitrogens with zero attached hydrogens (tertiary/aromatic N) is 1. The van der Waals surface area contributed by atoms with Crippen LogP contribution in [-0.4, -0.2) is 19.1 Å². The van der Waals surface area contributed by atoms with Gasteiger partial charge >= 0.3 is 0 Å². The van der Waals surface area contributed by atoms with Crippen LogP contribution >= 0.6 is 0 Å². The summed E-state index contributed by atoms with van der Waals surface area (Å²) in [5.41, 5.74) is 0.780. The van der Waals surface area contributed by atoms with Gasteiger partial charge in [0.2, 0.25) is 0 Å². The second-order valence-electron chi connectivity index (χ2n) is 5.03. The predicted molar refractivity (Wildman–Crippen MR) is 71.6 cm³/mol. The molecule has 1 saturated carbocycles. The van der Waals surface area contributed by atoms with Gasteiger partial charge in [0.05, 0.1) is 5.56 Å². The zero-order valence-corrected chi connectivity index (χ0v) is 11.1. The van der Waals surface area contributed by atoms with Crippen LogP contribution in [0.15, 0.2) is 24.3 Å². The Morgan fingerprint density at radius 1 is 1.47 bits per heavy atom. The van der Waals surface area contributed by atoms with Crippen molar-refractivity contribution in [3.05, 3.63) is 29.8 Å². The van der Waals surface area contributed by atoms with E-state index in [2.05, 4.69) is 12.2 Å². The van der Waals surface area contributed by atoms with Gasteiger partial charge in [-0.25, -0.2) is 0 Å². The summed E-state index contributed by atoms with van der Waals surface area (Å²) in [5.74, 6) is 0.323.